The molecule has 2 aliphatic heterocycles. The minimum absolute atomic E-state index is 0.219. The molecule has 0 bridgehead atoms. The zero-order chi connectivity index (χ0) is 23.3. The SMILES string of the molecule is Cc1ccc2nc(N3CCS(=O)(=NC4CC4)c4ccccc4C3)nc(N[C@@H]3CNC[C@H]3F)c2c1. The summed E-state index contributed by atoms with van der Waals surface area (Å²) in [4.78, 5) is 12.7. The van der Waals surface area contributed by atoms with Gasteiger partial charge in [0.25, 0.3) is 0 Å². The molecule has 0 radical (unpaired) electrons. The van der Waals surface area contributed by atoms with Crippen molar-refractivity contribution >= 4 is 32.4 Å². The fraction of sp³-hybridized carbons (Fsp3) is 0.440. The first-order valence-corrected chi connectivity index (χ1v) is 13.6. The minimum Gasteiger partial charge on any atom is -0.362 e. The number of fused-ring (bicyclic) bond motifs is 2. The van der Waals surface area contributed by atoms with Crippen LogP contribution in [0.1, 0.15) is 24.0 Å². The van der Waals surface area contributed by atoms with E-state index in [1.54, 1.807) is 0 Å². The molecule has 1 saturated carbocycles. The van der Waals surface area contributed by atoms with Crippen molar-refractivity contribution in [1.82, 2.24) is 15.3 Å². The second-order valence-corrected chi connectivity index (χ2v) is 11.9. The molecule has 9 heteroatoms. The molecule has 3 atom stereocenters. The summed E-state index contributed by atoms with van der Waals surface area (Å²) in [6, 6.07) is 13.8. The van der Waals surface area contributed by atoms with Crippen LogP contribution in [-0.4, -0.2) is 57.8 Å². The predicted octanol–water partition coefficient (Wildman–Crippen LogP) is 3.67. The van der Waals surface area contributed by atoms with Crippen LogP contribution in [0.5, 0.6) is 0 Å². The van der Waals surface area contributed by atoms with Crippen LogP contribution in [-0.2, 0) is 16.3 Å². The molecule has 3 heterocycles. The first-order chi connectivity index (χ1) is 16.5. The smallest absolute Gasteiger partial charge is 0.228 e. The average Bonchev–Trinajstić information content (AvgIpc) is 3.58. The molecule has 2 fully saturated rings. The quantitative estimate of drug-likeness (QED) is 0.593. The summed E-state index contributed by atoms with van der Waals surface area (Å²) in [6.07, 6.45) is 1.07. The summed E-state index contributed by atoms with van der Waals surface area (Å²) in [5, 5.41) is 7.31. The maximum absolute atomic E-state index is 14.4. The van der Waals surface area contributed by atoms with Crippen LogP contribution in [0.3, 0.4) is 0 Å². The van der Waals surface area contributed by atoms with Crippen molar-refractivity contribution in [3.63, 3.8) is 0 Å². The van der Waals surface area contributed by atoms with Gasteiger partial charge in [-0.05, 0) is 43.5 Å². The highest BCUT2D eigenvalue weighted by Gasteiger charge is 2.31. The zero-order valence-corrected chi connectivity index (χ0v) is 20.0. The molecule has 1 unspecified atom stereocenters. The van der Waals surface area contributed by atoms with Crippen LogP contribution >= 0.6 is 0 Å². The third kappa shape index (κ3) is 4.11. The number of nitrogens with zero attached hydrogens (tertiary/aromatic N) is 4. The Hall–Kier alpha value is -2.78. The Morgan fingerprint density at radius 2 is 2.03 bits per heavy atom. The van der Waals surface area contributed by atoms with Gasteiger partial charge in [0.1, 0.15) is 12.0 Å². The van der Waals surface area contributed by atoms with E-state index in [4.69, 9.17) is 14.3 Å². The number of benzene rings is 2. The van der Waals surface area contributed by atoms with Crippen LogP contribution in [0.25, 0.3) is 10.9 Å². The molecule has 0 amide bonds. The highest BCUT2D eigenvalue weighted by Crippen LogP contribution is 2.33. The summed E-state index contributed by atoms with van der Waals surface area (Å²) >= 11 is 0. The van der Waals surface area contributed by atoms with Crippen LogP contribution < -0.4 is 15.5 Å². The summed E-state index contributed by atoms with van der Waals surface area (Å²) in [5.41, 5.74) is 2.90. The number of anilines is 2. The fourth-order valence-corrected chi connectivity index (χ4v) is 7.15. The first-order valence-electron chi connectivity index (χ1n) is 11.9. The zero-order valence-electron chi connectivity index (χ0n) is 19.2. The number of nitrogens with one attached hydrogen (secondary N) is 2. The Balaban J connectivity index is 1.41. The van der Waals surface area contributed by atoms with Gasteiger partial charge in [0.05, 0.1) is 38.0 Å². The second kappa shape index (κ2) is 8.46. The molecule has 34 heavy (non-hydrogen) atoms. The number of hydrogen-bond donors (Lipinski definition) is 2. The number of hydrogen-bond acceptors (Lipinski definition) is 7. The van der Waals surface area contributed by atoms with Gasteiger partial charge in [-0.3, -0.25) is 0 Å². The third-order valence-electron chi connectivity index (χ3n) is 6.77. The molecule has 1 saturated heterocycles. The largest absolute Gasteiger partial charge is 0.362 e. The van der Waals surface area contributed by atoms with Gasteiger partial charge in [-0.15, -0.1) is 0 Å². The van der Waals surface area contributed by atoms with E-state index in [1.165, 1.54) is 0 Å². The topological polar surface area (TPSA) is 82.5 Å². The number of aromatic nitrogens is 2. The van der Waals surface area contributed by atoms with E-state index in [0.717, 1.165) is 39.8 Å². The van der Waals surface area contributed by atoms with Crippen molar-refractivity contribution < 1.29 is 8.60 Å². The van der Waals surface area contributed by atoms with Crippen molar-refractivity contribution in [2.75, 3.05) is 35.6 Å². The summed E-state index contributed by atoms with van der Waals surface area (Å²) < 4.78 is 33.1. The van der Waals surface area contributed by atoms with Gasteiger partial charge < -0.3 is 15.5 Å². The van der Waals surface area contributed by atoms with E-state index in [-0.39, 0.29) is 12.1 Å². The van der Waals surface area contributed by atoms with Crippen LogP contribution in [0.2, 0.25) is 0 Å². The lowest BCUT2D eigenvalue weighted by molar-refractivity contribution is 0.342. The van der Waals surface area contributed by atoms with Gasteiger partial charge in [0.15, 0.2) is 0 Å². The van der Waals surface area contributed by atoms with Gasteiger partial charge in [-0.1, -0.05) is 29.8 Å². The first kappa shape index (κ1) is 21.7. The maximum atomic E-state index is 14.4. The number of aryl methyl sites for hydroxylation is 1. The van der Waals surface area contributed by atoms with E-state index in [0.29, 0.717) is 43.7 Å². The van der Waals surface area contributed by atoms with Gasteiger partial charge >= 0.3 is 0 Å². The molecule has 0 spiro atoms. The van der Waals surface area contributed by atoms with Crippen molar-refractivity contribution in [2.45, 2.75) is 49.5 Å². The fourth-order valence-electron chi connectivity index (χ4n) is 4.72. The lowest BCUT2D eigenvalue weighted by Crippen LogP contribution is -2.31. The van der Waals surface area contributed by atoms with Gasteiger partial charge in [-0.2, -0.15) is 4.98 Å². The molecular weight excluding hydrogens is 451 g/mol. The highest BCUT2D eigenvalue weighted by atomic mass is 32.2. The number of alkyl halides is 1. The van der Waals surface area contributed by atoms with E-state index in [2.05, 4.69) is 15.5 Å². The van der Waals surface area contributed by atoms with Crippen LogP contribution in [0, 0.1) is 6.92 Å². The normalized spacial score (nSPS) is 26.8. The molecule has 178 valence electrons. The monoisotopic (exact) mass is 480 g/mol. The molecule has 7 nitrogen and oxygen atoms in total. The molecule has 6 rings (SSSR count). The molecule has 3 aliphatic rings. The minimum atomic E-state index is -2.49. The Morgan fingerprint density at radius 3 is 2.82 bits per heavy atom. The van der Waals surface area contributed by atoms with Crippen LogP contribution in [0.4, 0.5) is 16.2 Å². The Labute approximate surface area is 199 Å². The molecular formula is C25H29FN6OS. The van der Waals surface area contributed by atoms with Crippen molar-refractivity contribution in [2.24, 2.45) is 4.36 Å². The molecule has 3 aromatic rings. The standard InChI is InChI=1S/C25H29FN6OS/c1-16-6-9-21-19(12-16)24(28-22-14-27-13-20(22)26)30-25(29-21)32-10-11-34(33,31-18-7-8-18)23-5-3-2-4-17(23)15-32/h2-6,9,12,18,20,22,27H,7-8,10-11,13-15H2,1H3,(H,28,29,30)/t20-,22-,34?/m1/s1. The number of rotatable bonds is 4. The predicted molar refractivity (Wildman–Crippen MR) is 134 cm³/mol. The van der Waals surface area contributed by atoms with Gasteiger partial charge in [0, 0.05) is 31.6 Å². The van der Waals surface area contributed by atoms with E-state index >= 15 is 0 Å². The molecule has 2 aromatic carbocycles. The molecule has 2 N–H and O–H groups in total. The maximum Gasteiger partial charge on any atom is 0.228 e. The molecule has 1 aliphatic carbocycles. The Kier molecular flexibility index (Phi) is 5.41. The van der Waals surface area contributed by atoms with Crippen molar-refractivity contribution in [3.8, 4) is 0 Å². The molecule has 1 aromatic heterocycles. The van der Waals surface area contributed by atoms with Crippen molar-refractivity contribution in [3.05, 3.63) is 53.6 Å². The highest BCUT2D eigenvalue weighted by molar-refractivity contribution is 7.93. The van der Waals surface area contributed by atoms with Gasteiger partial charge in [0.2, 0.25) is 5.95 Å². The lowest BCUT2D eigenvalue weighted by Gasteiger charge is -2.23. The van der Waals surface area contributed by atoms with E-state index < -0.39 is 15.9 Å². The lowest BCUT2D eigenvalue weighted by atomic mass is 10.1. The Morgan fingerprint density at radius 1 is 1.18 bits per heavy atom. The summed E-state index contributed by atoms with van der Waals surface area (Å²) in [7, 11) is -2.49. The third-order valence-corrected chi connectivity index (χ3v) is 9.23. The Bertz CT molecular complexity index is 1370. The average molecular weight is 481 g/mol. The summed E-state index contributed by atoms with van der Waals surface area (Å²) in [5.74, 6) is 1.64. The van der Waals surface area contributed by atoms with Gasteiger partial charge in [-0.25, -0.2) is 17.9 Å². The second-order valence-electron chi connectivity index (χ2n) is 9.53. The van der Waals surface area contributed by atoms with E-state index in [9.17, 15) is 8.60 Å². The summed E-state index contributed by atoms with van der Waals surface area (Å²) in [6.45, 7) is 4.01. The number of halogens is 1. The van der Waals surface area contributed by atoms with Crippen molar-refractivity contribution in [1.29, 1.82) is 0 Å². The van der Waals surface area contributed by atoms with E-state index in [1.807, 2.05) is 49.4 Å². The van der Waals surface area contributed by atoms with Crippen LogP contribution in [0.15, 0.2) is 51.7 Å².